The highest BCUT2D eigenvalue weighted by atomic mass is 35.5. The highest BCUT2D eigenvalue weighted by molar-refractivity contribution is 6.32. The van der Waals surface area contributed by atoms with Crippen LogP contribution in [0.15, 0.2) is 42.5 Å². The van der Waals surface area contributed by atoms with E-state index < -0.39 is 0 Å². The number of hydrogen-bond donors (Lipinski definition) is 2. The predicted molar refractivity (Wildman–Crippen MR) is 124 cm³/mol. The van der Waals surface area contributed by atoms with E-state index in [1.807, 2.05) is 59.0 Å². The van der Waals surface area contributed by atoms with E-state index >= 15 is 0 Å². The normalized spacial score (nSPS) is 13.5. The van der Waals surface area contributed by atoms with Crippen molar-refractivity contribution in [3.8, 4) is 5.75 Å². The highest BCUT2D eigenvalue weighted by Crippen LogP contribution is 2.34. The lowest BCUT2D eigenvalue weighted by atomic mass is 9.81. The molecule has 0 unspecified atom stereocenters. The second-order valence-electron chi connectivity index (χ2n) is 6.39. The van der Waals surface area contributed by atoms with Crippen LogP contribution in [0.3, 0.4) is 0 Å². The Morgan fingerprint density at radius 2 is 1.68 bits per heavy atom. The van der Waals surface area contributed by atoms with Gasteiger partial charge in [0.05, 0.1) is 12.5 Å². The number of halogens is 1. The number of methoxy groups -OCH3 is 1. The first-order valence-electron chi connectivity index (χ1n) is 9.94. The Morgan fingerprint density at radius 3 is 2.25 bits per heavy atom. The predicted octanol–water partition coefficient (Wildman–Crippen LogP) is 5.60. The van der Waals surface area contributed by atoms with E-state index in [2.05, 4.69) is 48.4 Å². The van der Waals surface area contributed by atoms with Gasteiger partial charge in [-0.25, -0.2) is 4.99 Å². The summed E-state index contributed by atoms with van der Waals surface area (Å²) >= 11 is 6.36. The Labute approximate surface area is 175 Å². The lowest BCUT2D eigenvalue weighted by Crippen LogP contribution is -2.65. The minimum atomic E-state index is -0.113. The summed E-state index contributed by atoms with van der Waals surface area (Å²) in [6, 6.07) is 12.1. The van der Waals surface area contributed by atoms with Gasteiger partial charge in [0.2, 0.25) is 5.69 Å². The van der Waals surface area contributed by atoms with Crippen molar-refractivity contribution in [1.29, 1.82) is 0 Å². The molecule has 0 amide bonds. The quantitative estimate of drug-likeness (QED) is 0.699. The molecule has 0 aromatic heterocycles. The van der Waals surface area contributed by atoms with Gasteiger partial charge in [0.1, 0.15) is 5.75 Å². The number of rotatable bonds is 4. The number of hydrogen-bond acceptors (Lipinski definition) is 2. The Morgan fingerprint density at radius 1 is 1.00 bits per heavy atom. The zero-order valence-electron chi connectivity index (χ0n) is 18.4. The monoisotopic (exact) mass is 401 g/mol. The van der Waals surface area contributed by atoms with Gasteiger partial charge >= 0.3 is 0 Å². The number of fused-ring (bicyclic) bond motifs is 1. The van der Waals surface area contributed by atoms with Crippen LogP contribution >= 0.6 is 11.6 Å². The molecule has 0 fully saturated rings. The third-order valence-corrected chi connectivity index (χ3v) is 4.89. The molecule has 1 heterocycles. The van der Waals surface area contributed by atoms with Gasteiger partial charge in [0, 0.05) is 35.5 Å². The highest BCUT2D eigenvalue weighted by Gasteiger charge is 2.40. The molecule has 28 heavy (non-hydrogen) atoms. The molecule has 4 heteroatoms. The van der Waals surface area contributed by atoms with Crippen LogP contribution in [-0.4, -0.2) is 19.9 Å². The summed E-state index contributed by atoms with van der Waals surface area (Å²) in [7, 11) is 3.58. The van der Waals surface area contributed by atoms with Crippen LogP contribution in [0, 0.1) is 0 Å². The average Bonchev–Trinajstić information content (AvgIpc) is 2.99. The fourth-order valence-electron chi connectivity index (χ4n) is 2.96. The van der Waals surface area contributed by atoms with Gasteiger partial charge in [0.15, 0.2) is 5.71 Å². The van der Waals surface area contributed by atoms with E-state index in [1.165, 1.54) is 5.56 Å². The molecule has 0 saturated heterocycles. The number of nitrogens with one attached hydrogen (secondary N) is 2. The van der Waals surface area contributed by atoms with Crippen molar-refractivity contribution in [2.45, 2.75) is 47.0 Å². The molecule has 0 saturated carbocycles. The van der Waals surface area contributed by atoms with E-state index in [4.69, 9.17) is 16.3 Å². The average molecular weight is 402 g/mol. The van der Waals surface area contributed by atoms with Crippen molar-refractivity contribution in [3.63, 3.8) is 0 Å². The van der Waals surface area contributed by atoms with Crippen LogP contribution in [0.5, 0.6) is 5.75 Å². The Balaban J connectivity index is 0.000000921. The molecule has 2 N–H and O–H groups in total. The Bertz CT molecular complexity index is 838. The third-order valence-electron chi connectivity index (χ3n) is 4.56. The van der Waals surface area contributed by atoms with E-state index in [1.54, 1.807) is 7.11 Å². The van der Waals surface area contributed by atoms with E-state index in [-0.39, 0.29) is 5.41 Å². The second-order valence-corrected chi connectivity index (χ2v) is 6.80. The molecule has 0 radical (unpaired) electrons. The van der Waals surface area contributed by atoms with Crippen molar-refractivity contribution < 1.29 is 9.73 Å². The summed E-state index contributed by atoms with van der Waals surface area (Å²) in [5.41, 5.74) is 5.38. The first-order valence-corrected chi connectivity index (χ1v) is 10.3. The zero-order valence-corrected chi connectivity index (χ0v) is 19.2. The van der Waals surface area contributed by atoms with Crippen molar-refractivity contribution in [3.05, 3.63) is 58.6 Å². The van der Waals surface area contributed by atoms with Gasteiger partial charge in [-0.3, -0.25) is 0 Å². The molecule has 1 aliphatic rings. The van der Waals surface area contributed by atoms with Gasteiger partial charge in [-0.2, -0.15) is 0 Å². The minimum absolute atomic E-state index is 0.113. The lowest BCUT2D eigenvalue weighted by Gasteiger charge is -2.16. The smallest absolute Gasteiger partial charge is 0.208 e. The topological polar surface area (TPSA) is 35.2 Å². The molecule has 152 valence electrons. The summed E-state index contributed by atoms with van der Waals surface area (Å²) in [4.78, 5) is 3.51. The van der Waals surface area contributed by atoms with Gasteiger partial charge in [-0.1, -0.05) is 45.4 Å². The second kappa shape index (κ2) is 10.9. The molecule has 0 aliphatic carbocycles. The molecule has 0 spiro atoms. The van der Waals surface area contributed by atoms with Crippen molar-refractivity contribution in [1.82, 2.24) is 0 Å². The van der Waals surface area contributed by atoms with E-state index in [0.717, 1.165) is 33.4 Å². The van der Waals surface area contributed by atoms with E-state index in [9.17, 15) is 0 Å². The maximum absolute atomic E-state index is 6.36. The number of ether oxygens (including phenoxy) is 1. The molecular formula is C24H34ClN2O+. The Kier molecular flexibility index (Phi) is 9.27. The Hall–Kier alpha value is -2.26. The lowest BCUT2D eigenvalue weighted by molar-refractivity contribution is -0.349. The molecule has 1 aliphatic heterocycles. The van der Waals surface area contributed by atoms with Gasteiger partial charge in [-0.05, 0) is 49.8 Å². The fourth-order valence-corrected chi connectivity index (χ4v) is 3.21. The molecule has 2 aromatic carbocycles. The number of anilines is 1. The third kappa shape index (κ3) is 5.17. The number of allylic oxidation sites excluding steroid dienone is 1. The molecule has 3 nitrogen and oxygen atoms in total. The largest absolute Gasteiger partial charge is 0.497 e. The van der Waals surface area contributed by atoms with Gasteiger partial charge in [-0.15, -0.1) is 0 Å². The minimum Gasteiger partial charge on any atom is -0.497 e. The molecule has 0 atom stereocenters. The summed E-state index contributed by atoms with van der Waals surface area (Å²) in [6.07, 6.45) is 4.15. The van der Waals surface area contributed by atoms with Crippen molar-refractivity contribution in [2.24, 2.45) is 0 Å². The molecular weight excluding hydrogens is 368 g/mol. The van der Waals surface area contributed by atoms with Crippen LogP contribution in [0.2, 0.25) is 5.02 Å². The van der Waals surface area contributed by atoms with Crippen LogP contribution in [0.25, 0.3) is 6.08 Å². The first kappa shape index (κ1) is 23.8. The van der Waals surface area contributed by atoms with Gasteiger partial charge in [0.25, 0.3) is 0 Å². The van der Waals surface area contributed by atoms with E-state index in [0.29, 0.717) is 0 Å². The maximum Gasteiger partial charge on any atom is 0.208 e. The maximum atomic E-state index is 6.36. The summed E-state index contributed by atoms with van der Waals surface area (Å²) < 4.78 is 5.36. The molecule has 2 aromatic rings. The van der Waals surface area contributed by atoms with Crippen LogP contribution in [0.4, 0.5) is 11.4 Å². The SMILES string of the molecule is CC.CC.CNc1ccc(/C=C/C2=[NH+]c3ccc(OC)cc3C2(C)C)c(Cl)c1. The van der Waals surface area contributed by atoms with Crippen LogP contribution < -0.4 is 15.0 Å². The number of benzene rings is 2. The van der Waals surface area contributed by atoms with Crippen molar-refractivity contribution in [2.75, 3.05) is 19.5 Å². The molecule has 0 bridgehead atoms. The summed E-state index contributed by atoms with van der Waals surface area (Å²) in [5, 5.41) is 3.82. The first-order chi connectivity index (χ1) is 13.5. The standard InChI is InChI=1S/C20H21ClN2O.2C2H6/c1-20(2)16-12-15(24-4)8-9-18(16)23-19(20)10-6-13-5-7-14(22-3)11-17(13)21;2*1-2/h5-12,22H,1-4H3;2*1-2H3/p+1/b10-6+;;. The fraction of sp³-hybridized carbons (Fsp3) is 0.375. The summed E-state index contributed by atoms with van der Waals surface area (Å²) in [6.45, 7) is 12.4. The van der Waals surface area contributed by atoms with Crippen LogP contribution in [-0.2, 0) is 5.41 Å². The van der Waals surface area contributed by atoms with Crippen LogP contribution in [0.1, 0.15) is 52.7 Å². The van der Waals surface area contributed by atoms with Crippen molar-refractivity contribution >= 4 is 34.8 Å². The zero-order chi connectivity index (χ0) is 21.3. The molecule has 3 rings (SSSR count). The summed E-state index contributed by atoms with van der Waals surface area (Å²) in [5.74, 6) is 0.875. The van der Waals surface area contributed by atoms with Gasteiger partial charge < -0.3 is 10.1 Å².